The standard InChI is InChI=1S/C21H21ClF2N4O/c1-13(14-6-8-16(9-7-14)27-10-2-3-11-27)25-17(29)12-28-20(15-4-5-15)18(22)19(26-28)21(23)24/h2-3,6-11,13,15,21H,4-5,12H2,1H3,(H,25,29). The zero-order valence-electron chi connectivity index (χ0n) is 15.9. The van der Waals surface area contributed by atoms with Crippen LogP contribution in [0.25, 0.3) is 5.69 Å². The maximum atomic E-state index is 13.1. The van der Waals surface area contributed by atoms with Crippen molar-refractivity contribution in [2.24, 2.45) is 0 Å². The Morgan fingerprint density at radius 1 is 1.24 bits per heavy atom. The molecule has 2 aromatic heterocycles. The van der Waals surface area contributed by atoms with Crippen LogP contribution in [0.5, 0.6) is 0 Å². The summed E-state index contributed by atoms with van der Waals surface area (Å²) in [5.41, 5.74) is 2.07. The summed E-state index contributed by atoms with van der Waals surface area (Å²) in [6.45, 7) is 1.75. The van der Waals surface area contributed by atoms with Gasteiger partial charge >= 0.3 is 0 Å². The first-order valence-electron chi connectivity index (χ1n) is 9.51. The number of amides is 1. The number of nitrogens with one attached hydrogen (secondary N) is 1. The Bertz CT molecular complexity index is 995. The summed E-state index contributed by atoms with van der Waals surface area (Å²) in [5, 5.41) is 6.80. The van der Waals surface area contributed by atoms with Crippen molar-refractivity contribution in [2.75, 3.05) is 0 Å². The van der Waals surface area contributed by atoms with E-state index in [-0.39, 0.29) is 29.4 Å². The molecule has 29 heavy (non-hydrogen) atoms. The van der Waals surface area contributed by atoms with Gasteiger partial charge in [0.05, 0.1) is 16.8 Å². The fraction of sp³-hybridized carbons (Fsp3) is 0.333. The van der Waals surface area contributed by atoms with Crippen molar-refractivity contribution in [1.29, 1.82) is 0 Å². The second-order valence-electron chi connectivity index (χ2n) is 7.29. The number of halogens is 3. The lowest BCUT2D eigenvalue weighted by atomic mass is 10.1. The van der Waals surface area contributed by atoms with Gasteiger partial charge in [0.2, 0.25) is 5.91 Å². The number of benzene rings is 1. The van der Waals surface area contributed by atoms with E-state index in [9.17, 15) is 13.6 Å². The van der Waals surface area contributed by atoms with Crippen molar-refractivity contribution in [1.82, 2.24) is 19.7 Å². The number of carbonyl (C=O) groups excluding carboxylic acids is 1. The van der Waals surface area contributed by atoms with E-state index in [1.165, 1.54) is 4.68 Å². The van der Waals surface area contributed by atoms with Gasteiger partial charge in [0.15, 0.2) is 0 Å². The topological polar surface area (TPSA) is 51.9 Å². The average molecular weight is 419 g/mol. The summed E-state index contributed by atoms with van der Waals surface area (Å²) in [7, 11) is 0. The molecular weight excluding hydrogens is 398 g/mol. The maximum Gasteiger partial charge on any atom is 0.283 e. The van der Waals surface area contributed by atoms with Gasteiger partial charge in [-0.2, -0.15) is 5.10 Å². The second-order valence-corrected chi connectivity index (χ2v) is 7.67. The molecule has 1 amide bonds. The van der Waals surface area contributed by atoms with Crippen molar-refractivity contribution in [3.05, 3.63) is 70.8 Å². The maximum absolute atomic E-state index is 13.1. The fourth-order valence-electron chi connectivity index (χ4n) is 3.43. The lowest BCUT2D eigenvalue weighted by Crippen LogP contribution is -2.31. The fourth-order valence-corrected chi connectivity index (χ4v) is 3.80. The normalized spacial score (nSPS) is 14.9. The molecule has 1 aliphatic rings. The number of alkyl halides is 2. The Hall–Kier alpha value is -2.67. The van der Waals surface area contributed by atoms with Crippen molar-refractivity contribution in [2.45, 2.75) is 44.7 Å². The van der Waals surface area contributed by atoms with E-state index in [1.807, 2.05) is 60.3 Å². The molecule has 0 aliphatic heterocycles. The molecule has 1 aliphatic carbocycles. The first kappa shape index (κ1) is 19.6. The Kier molecular flexibility index (Phi) is 5.41. The minimum absolute atomic E-state index is 0.0102. The highest BCUT2D eigenvalue weighted by molar-refractivity contribution is 6.32. The third-order valence-electron chi connectivity index (χ3n) is 5.09. The molecule has 1 unspecified atom stereocenters. The number of nitrogens with zero attached hydrogens (tertiary/aromatic N) is 3. The van der Waals surface area contributed by atoms with Crippen molar-refractivity contribution in [3.63, 3.8) is 0 Å². The number of hydrogen-bond donors (Lipinski definition) is 1. The van der Waals surface area contributed by atoms with Crippen LogP contribution in [-0.4, -0.2) is 20.3 Å². The van der Waals surface area contributed by atoms with Gasteiger partial charge in [-0.15, -0.1) is 0 Å². The highest BCUT2D eigenvalue weighted by Crippen LogP contribution is 2.45. The van der Waals surface area contributed by atoms with Crippen molar-refractivity contribution < 1.29 is 13.6 Å². The molecule has 2 heterocycles. The van der Waals surface area contributed by atoms with E-state index in [4.69, 9.17) is 11.6 Å². The molecule has 0 bridgehead atoms. The summed E-state index contributed by atoms with van der Waals surface area (Å²) in [4.78, 5) is 12.5. The first-order chi connectivity index (χ1) is 13.9. The molecule has 1 fully saturated rings. The van der Waals surface area contributed by atoms with Gasteiger partial charge in [-0.25, -0.2) is 8.78 Å². The van der Waals surface area contributed by atoms with Crippen molar-refractivity contribution >= 4 is 17.5 Å². The predicted molar refractivity (Wildman–Crippen MR) is 106 cm³/mol. The molecule has 0 radical (unpaired) electrons. The molecule has 8 heteroatoms. The van der Waals surface area contributed by atoms with Crippen LogP contribution in [0.1, 0.15) is 55.1 Å². The molecule has 5 nitrogen and oxygen atoms in total. The van der Waals surface area contributed by atoms with Gasteiger partial charge in [-0.05, 0) is 49.6 Å². The van der Waals surface area contributed by atoms with Crippen LogP contribution in [0.4, 0.5) is 8.78 Å². The second kappa shape index (κ2) is 7.99. The van der Waals surface area contributed by atoms with E-state index >= 15 is 0 Å². The Labute approximate surface area is 172 Å². The van der Waals surface area contributed by atoms with Gasteiger partial charge < -0.3 is 9.88 Å². The van der Waals surface area contributed by atoms with Gasteiger partial charge in [-0.3, -0.25) is 9.48 Å². The van der Waals surface area contributed by atoms with Crippen LogP contribution in [0.15, 0.2) is 48.8 Å². The summed E-state index contributed by atoms with van der Waals surface area (Å²) in [6, 6.07) is 11.5. The van der Waals surface area contributed by atoms with Crippen molar-refractivity contribution in [3.8, 4) is 5.69 Å². The SMILES string of the molecule is CC(NC(=O)Cn1nc(C(F)F)c(Cl)c1C1CC1)c1ccc(-n2cccc2)cc1. The Morgan fingerprint density at radius 3 is 2.48 bits per heavy atom. The quantitative estimate of drug-likeness (QED) is 0.585. The van der Waals surface area contributed by atoms with Gasteiger partial charge in [-0.1, -0.05) is 23.7 Å². The molecule has 1 saturated carbocycles. The van der Waals surface area contributed by atoms with Crippen LogP contribution in [0.2, 0.25) is 5.02 Å². The molecule has 1 N–H and O–H groups in total. The third-order valence-corrected chi connectivity index (χ3v) is 5.48. The minimum atomic E-state index is -2.76. The van der Waals surface area contributed by atoms with E-state index in [0.29, 0.717) is 5.69 Å². The molecule has 0 spiro atoms. The van der Waals surface area contributed by atoms with Crippen LogP contribution < -0.4 is 5.32 Å². The largest absolute Gasteiger partial charge is 0.348 e. The van der Waals surface area contributed by atoms with Gasteiger partial charge in [0.1, 0.15) is 12.2 Å². The van der Waals surface area contributed by atoms with E-state index in [1.54, 1.807) is 0 Å². The molecule has 1 atom stereocenters. The van der Waals surface area contributed by atoms with Crippen LogP contribution >= 0.6 is 11.6 Å². The molecule has 4 rings (SSSR count). The number of carbonyl (C=O) groups is 1. The molecular formula is C21H21ClF2N4O. The molecule has 1 aromatic carbocycles. The summed E-state index contributed by atoms with van der Waals surface area (Å²) >= 11 is 6.10. The smallest absolute Gasteiger partial charge is 0.283 e. The van der Waals surface area contributed by atoms with E-state index < -0.39 is 12.1 Å². The van der Waals surface area contributed by atoms with E-state index in [0.717, 1.165) is 24.1 Å². The number of hydrogen-bond acceptors (Lipinski definition) is 2. The minimum Gasteiger partial charge on any atom is -0.348 e. The summed E-state index contributed by atoms with van der Waals surface area (Å²) in [6.07, 6.45) is 2.91. The molecule has 0 saturated heterocycles. The highest BCUT2D eigenvalue weighted by Gasteiger charge is 2.34. The molecule has 152 valence electrons. The zero-order valence-corrected chi connectivity index (χ0v) is 16.6. The van der Waals surface area contributed by atoms with E-state index in [2.05, 4.69) is 10.4 Å². The van der Waals surface area contributed by atoms with Crippen LogP contribution in [0, 0.1) is 0 Å². The first-order valence-corrected chi connectivity index (χ1v) is 9.88. The Balaban J connectivity index is 1.44. The number of rotatable bonds is 7. The number of aromatic nitrogens is 3. The lowest BCUT2D eigenvalue weighted by Gasteiger charge is -2.16. The lowest BCUT2D eigenvalue weighted by molar-refractivity contribution is -0.122. The highest BCUT2D eigenvalue weighted by atomic mass is 35.5. The monoisotopic (exact) mass is 418 g/mol. The zero-order chi connectivity index (χ0) is 20.5. The van der Waals surface area contributed by atoms with Gasteiger partial charge in [0, 0.05) is 24.0 Å². The summed E-state index contributed by atoms with van der Waals surface area (Å²) < 4.78 is 29.6. The molecule has 3 aromatic rings. The average Bonchev–Trinajstić information content (AvgIpc) is 3.25. The summed E-state index contributed by atoms with van der Waals surface area (Å²) in [5.74, 6) is -0.192. The Morgan fingerprint density at radius 2 is 1.90 bits per heavy atom. The van der Waals surface area contributed by atoms with Gasteiger partial charge in [0.25, 0.3) is 6.43 Å². The van der Waals surface area contributed by atoms with Crippen LogP contribution in [-0.2, 0) is 11.3 Å². The third kappa shape index (κ3) is 4.19. The van der Waals surface area contributed by atoms with Crippen LogP contribution in [0.3, 0.4) is 0 Å². The predicted octanol–water partition coefficient (Wildman–Crippen LogP) is 5.02.